The molecular weight excluding hydrogens is 138 g/mol. The van der Waals surface area contributed by atoms with Crippen molar-refractivity contribution in [2.24, 2.45) is 0 Å². The molecule has 0 spiro atoms. The van der Waals surface area contributed by atoms with E-state index in [4.69, 9.17) is 0 Å². The predicted octanol–water partition coefficient (Wildman–Crippen LogP) is 1.33. The Morgan fingerprint density at radius 2 is 2.36 bits per heavy atom. The second-order valence-electron chi connectivity index (χ2n) is 3.37. The molecule has 2 heteroatoms. The SMILES string of the molecule is O=C1C=CN2CCCCC2C1. The largest absolute Gasteiger partial charge is 0.374 e. The van der Waals surface area contributed by atoms with Gasteiger partial charge >= 0.3 is 0 Å². The van der Waals surface area contributed by atoms with Crippen LogP contribution >= 0.6 is 0 Å². The number of carbonyl (C=O) groups is 1. The first kappa shape index (κ1) is 6.89. The zero-order chi connectivity index (χ0) is 7.68. The van der Waals surface area contributed by atoms with Crippen molar-refractivity contribution < 1.29 is 4.79 Å². The lowest BCUT2D eigenvalue weighted by Gasteiger charge is -2.36. The van der Waals surface area contributed by atoms with E-state index >= 15 is 0 Å². The average molecular weight is 151 g/mol. The molecule has 1 saturated heterocycles. The summed E-state index contributed by atoms with van der Waals surface area (Å²) in [4.78, 5) is 13.3. The van der Waals surface area contributed by atoms with E-state index in [0.29, 0.717) is 11.8 Å². The van der Waals surface area contributed by atoms with Crippen LogP contribution in [0.1, 0.15) is 25.7 Å². The molecule has 2 aliphatic rings. The van der Waals surface area contributed by atoms with E-state index in [-0.39, 0.29) is 0 Å². The molecule has 1 atom stereocenters. The molecular formula is C9H13NO. The lowest BCUT2D eigenvalue weighted by atomic mass is 9.95. The zero-order valence-corrected chi connectivity index (χ0v) is 6.62. The van der Waals surface area contributed by atoms with Crippen LogP contribution in [0.5, 0.6) is 0 Å². The molecule has 2 rings (SSSR count). The van der Waals surface area contributed by atoms with E-state index in [1.165, 1.54) is 19.3 Å². The van der Waals surface area contributed by atoms with Gasteiger partial charge in [0.1, 0.15) is 0 Å². The molecule has 0 radical (unpaired) electrons. The number of rotatable bonds is 0. The van der Waals surface area contributed by atoms with Gasteiger partial charge in [-0.25, -0.2) is 0 Å². The van der Waals surface area contributed by atoms with E-state index in [0.717, 1.165) is 13.0 Å². The highest BCUT2D eigenvalue weighted by Gasteiger charge is 2.24. The summed E-state index contributed by atoms with van der Waals surface area (Å²) < 4.78 is 0. The average Bonchev–Trinajstić information content (AvgIpc) is 2.04. The van der Waals surface area contributed by atoms with Gasteiger partial charge in [-0.3, -0.25) is 4.79 Å². The van der Waals surface area contributed by atoms with Crippen molar-refractivity contribution in [2.45, 2.75) is 31.7 Å². The van der Waals surface area contributed by atoms with Crippen molar-refractivity contribution in [1.29, 1.82) is 0 Å². The molecule has 11 heavy (non-hydrogen) atoms. The predicted molar refractivity (Wildman–Crippen MR) is 43.1 cm³/mol. The first-order chi connectivity index (χ1) is 5.36. The molecule has 0 aromatic carbocycles. The number of allylic oxidation sites excluding steroid dienone is 1. The van der Waals surface area contributed by atoms with Gasteiger partial charge in [-0.2, -0.15) is 0 Å². The van der Waals surface area contributed by atoms with Crippen molar-refractivity contribution in [1.82, 2.24) is 4.90 Å². The molecule has 60 valence electrons. The molecule has 0 saturated carbocycles. The van der Waals surface area contributed by atoms with Crippen LogP contribution in [0.25, 0.3) is 0 Å². The standard InChI is InChI=1S/C9H13NO/c11-9-4-6-10-5-2-1-3-8(10)7-9/h4,6,8H,1-3,5,7H2. The monoisotopic (exact) mass is 151 g/mol. The summed E-state index contributed by atoms with van der Waals surface area (Å²) in [7, 11) is 0. The Morgan fingerprint density at radius 3 is 3.27 bits per heavy atom. The van der Waals surface area contributed by atoms with Gasteiger partial charge in [-0.15, -0.1) is 0 Å². The highest BCUT2D eigenvalue weighted by Crippen LogP contribution is 2.22. The Kier molecular flexibility index (Phi) is 1.68. The fourth-order valence-corrected chi connectivity index (χ4v) is 1.92. The van der Waals surface area contributed by atoms with E-state index in [1.807, 2.05) is 6.20 Å². The summed E-state index contributed by atoms with van der Waals surface area (Å²) in [6, 6.07) is 0.529. The summed E-state index contributed by atoms with van der Waals surface area (Å²) in [5, 5.41) is 0. The summed E-state index contributed by atoms with van der Waals surface area (Å²) in [5.41, 5.74) is 0. The number of carbonyl (C=O) groups excluding carboxylic acids is 1. The molecule has 0 aromatic rings. The first-order valence-electron chi connectivity index (χ1n) is 4.33. The van der Waals surface area contributed by atoms with E-state index in [9.17, 15) is 4.79 Å². The van der Waals surface area contributed by atoms with Crippen LogP contribution in [0.3, 0.4) is 0 Å². The lowest BCUT2D eigenvalue weighted by molar-refractivity contribution is -0.116. The van der Waals surface area contributed by atoms with E-state index in [1.54, 1.807) is 6.08 Å². The molecule has 1 fully saturated rings. The second kappa shape index (κ2) is 2.68. The van der Waals surface area contributed by atoms with Crippen LogP contribution in [0.15, 0.2) is 12.3 Å². The summed E-state index contributed by atoms with van der Waals surface area (Å²) in [6.45, 7) is 1.15. The van der Waals surface area contributed by atoms with Crippen LogP contribution in [0.4, 0.5) is 0 Å². The molecule has 2 heterocycles. The van der Waals surface area contributed by atoms with Crippen LogP contribution in [-0.2, 0) is 4.79 Å². The molecule has 0 aromatic heterocycles. The third kappa shape index (κ3) is 1.30. The molecule has 0 N–H and O–H groups in total. The van der Waals surface area contributed by atoms with Gasteiger partial charge in [0.05, 0.1) is 0 Å². The first-order valence-corrected chi connectivity index (χ1v) is 4.33. The van der Waals surface area contributed by atoms with Gasteiger partial charge in [-0.05, 0) is 25.3 Å². The van der Waals surface area contributed by atoms with Crippen LogP contribution in [0, 0.1) is 0 Å². The summed E-state index contributed by atoms with van der Waals surface area (Å²) in [5.74, 6) is 0.299. The van der Waals surface area contributed by atoms with Crippen LogP contribution < -0.4 is 0 Å². The Morgan fingerprint density at radius 1 is 1.45 bits per heavy atom. The zero-order valence-electron chi connectivity index (χ0n) is 6.62. The van der Waals surface area contributed by atoms with Crippen molar-refractivity contribution in [3.8, 4) is 0 Å². The third-order valence-corrected chi connectivity index (χ3v) is 2.56. The highest BCUT2D eigenvalue weighted by atomic mass is 16.1. The van der Waals surface area contributed by atoms with Crippen LogP contribution in [-0.4, -0.2) is 23.3 Å². The number of hydrogen-bond acceptors (Lipinski definition) is 2. The molecule has 2 aliphatic heterocycles. The molecule has 2 nitrogen and oxygen atoms in total. The lowest BCUT2D eigenvalue weighted by Crippen LogP contribution is -2.39. The van der Waals surface area contributed by atoms with Crippen LogP contribution in [0.2, 0.25) is 0 Å². The Labute approximate surface area is 66.9 Å². The topological polar surface area (TPSA) is 20.3 Å². The smallest absolute Gasteiger partial charge is 0.159 e. The Bertz CT molecular complexity index is 198. The fraction of sp³-hybridized carbons (Fsp3) is 0.667. The Balaban J connectivity index is 2.10. The summed E-state index contributed by atoms with van der Waals surface area (Å²) in [6.07, 6.45) is 8.21. The Hall–Kier alpha value is -0.790. The van der Waals surface area contributed by atoms with Gasteiger partial charge in [0, 0.05) is 25.2 Å². The van der Waals surface area contributed by atoms with Crippen molar-refractivity contribution in [3.63, 3.8) is 0 Å². The molecule has 0 aliphatic carbocycles. The van der Waals surface area contributed by atoms with E-state index < -0.39 is 0 Å². The van der Waals surface area contributed by atoms with Crippen molar-refractivity contribution in [2.75, 3.05) is 6.54 Å². The van der Waals surface area contributed by atoms with Crippen molar-refractivity contribution in [3.05, 3.63) is 12.3 Å². The summed E-state index contributed by atoms with van der Waals surface area (Å²) >= 11 is 0. The van der Waals surface area contributed by atoms with E-state index in [2.05, 4.69) is 4.90 Å². The van der Waals surface area contributed by atoms with Gasteiger partial charge in [0.25, 0.3) is 0 Å². The minimum atomic E-state index is 0.299. The number of hydrogen-bond donors (Lipinski definition) is 0. The van der Waals surface area contributed by atoms with Gasteiger partial charge in [-0.1, -0.05) is 0 Å². The number of ketones is 1. The minimum absolute atomic E-state index is 0.299. The molecule has 0 bridgehead atoms. The molecule has 0 amide bonds. The van der Waals surface area contributed by atoms with Crippen molar-refractivity contribution >= 4 is 5.78 Å². The maximum Gasteiger partial charge on any atom is 0.159 e. The maximum atomic E-state index is 11.0. The molecule has 1 unspecified atom stereocenters. The third-order valence-electron chi connectivity index (χ3n) is 2.56. The normalized spacial score (nSPS) is 30.4. The minimum Gasteiger partial charge on any atom is -0.374 e. The fourth-order valence-electron chi connectivity index (χ4n) is 1.92. The van der Waals surface area contributed by atoms with Gasteiger partial charge in [0.15, 0.2) is 5.78 Å². The second-order valence-corrected chi connectivity index (χ2v) is 3.37. The maximum absolute atomic E-state index is 11.0. The number of piperidine rings is 1. The highest BCUT2D eigenvalue weighted by molar-refractivity contribution is 5.90. The number of fused-ring (bicyclic) bond motifs is 1. The number of nitrogens with zero attached hydrogens (tertiary/aromatic N) is 1. The quantitative estimate of drug-likeness (QED) is 0.520. The van der Waals surface area contributed by atoms with Gasteiger partial charge < -0.3 is 4.90 Å². The van der Waals surface area contributed by atoms with Gasteiger partial charge in [0.2, 0.25) is 0 Å².